The van der Waals surface area contributed by atoms with Gasteiger partial charge in [-0.3, -0.25) is 5.10 Å². The molecule has 5 nitrogen and oxygen atoms in total. The summed E-state index contributed by atoms with van der Waals surface area (Å²) < 4.78 is 0. The first-order chi connectivity index (χ1) is 6.84. The number of nitrogens with two attached hydrogens (primary N) is 1. The Hall–Kier alpha value is -1.56. The lowest BCUT2D eigenvalue weighted by Crippen LogP contribution is -2.02. The summed E-state index contributed by atoms with van der Waals surface area (Å²) in [6.07, 6.45) is 2.81. The molecule has 3 heterocycles. The summed E-state index contributed by atoms with van der Waals surface area (Å²) in [6, 6.07) is 0. The Kier molecular flexibility index (Phi) is 1.51. The van der Waals surface area contributed by atoms with Crippen molar-refractivity contribution in [2.24, 2.45) is 0 Å². The van der Waals surface area contributed by atoms with Crippen LogP contribution in [0.3, 0.4) is 0 Å². The van der Waals surface area contributed by atoms with Crippen LogP contribution >= 0.6 is 11.3 Å². The third-order valence-corrected chi connectivity index (χ3v) is 3.20. The molecule has 0 aromatic carbocycles. The molecule has 0 saturated carbocycles. The maximum atomic E-state index is 5.69. The Bertz CT molecular complexity index is 472. The first kappa shape index (κ1) is 7.81. The minimum Gasteiger partial charge on any atom is -0.375 e. The van der Waals surface area contributed by atoms with Gasteiger partial charge in [0.25, 0.3) is 0 Å². The van der Waals surface area contributed by atoms with Crippen LogP contribution in [0.2, 0.25) is 0 Å². The van der Waals surface area contributed by atoms with Crippen LogP contribution in [0.4, 0.5) is 10.9 Å². The fourth-order valence-electron chi connectivity index (χ4n) is 1.65. The van der Waals surface area contributed by atoms with Gasteiger partial charge in [-0.25, -0.2) is 4.98 Å². The van der Waals surface area contributed by atoms with Gasteiger partial charge in [-0.05, 0) is 0 Å². The first-order valence-electron chi connectivity index (χ1n) is 4.38. The lowest BCUT2D eigenvalue weighted by atomic mass is 10.2. The Morgan fingerprint density at radius 2 is 2.43 bits per heavy atom. The van der Waals surface area contributed by atoms with Gasteiger partial charge in [-0.1, -0.05) is 0 Å². The normalized spacial score (nSPS) is 14.0. The molecule has 0 unspecified atom stereocenters. The topological polar surface area (TPSA) is 79.6 Å². The van der Waals surface area contributed by atoms with Gasteiger partial charge in [0.2, 0.25) is 0 Å². The molecule has 72 valence electrons. The summed E-state index contributed by atoms with van der Waals surface area (Å²) in [6.45, 7) is 0.881. The highest BCUT2D eigenvalue weighted by Crippen LogP contribution is 2.35. The van der Waals surface area contributed by atoms with Crippen molar-refractivity contribution in [3.8, 4) is 11.3 Å². The molecule has 4 N–H and O–H groups in total. The van der Waals surface area contributed by atoms with E-state index in [-0.39, 0.29) is 0 Å². The molecule has 0 atom stereocenters. The summed E-state index contributed by atoms with van der Waals surface area (Å²) in [5, 5.41) is 10.8. The zero-order valence-electron chi connectivity index (χ0n) is 7.37. The number of fused-ring (bicyclic) bond motifs is 3. The van der Waals surface area contributed by atoms with E-state index in [1.165, 1.54) is 4.88 Å². The Morgan fingerprint density at radius 1 is 1.50 bits per heavy atom. The molecule has 0 aliphatic carbocycles. The SMILES string of the molecule is Nc1nc2c(s1)CCNc1n[nH]cc1-2. The summed E-state index contributed by atoms with van der Waals surface area (Å²) in [5.41, 5.74) is 7.68. The lowest BCUT2D eigenvalue weighted by molar-refractivity contribution is 1.01. The van der Waals surface area contributed by atoms with Crippen LogP contribution in [0.5, 0.6) is 0 Å². The van der Waals surface area contributed by atoms with Crippen molar-refractivity contribution in [1.82, 2.24) is 15.2 Å². The van der Waals surface area contributed by atoms with Gasteiger partial charge in [-0.15, -0.1) is 11.3 Å². The quantitative estimate of drug-likeness (QED) is 0.604. The van der Waals surface area contributed by atoms with Gasteiger partial charge >= 0.3 is 0 Å². The molecule has 6 heteroatoms. The zero-order valence-corrected chi connectivity index (χ0v) is 8.19. The Balaban J connectivity index is 2.26. The second-order valence-corrected chi connectivity index (χ2v) is 4.26. The number of H-pyrrole nitrogens is 1. The van der Waals surface area contributed by atoms with Crippen molar-refractivity contribution in [2.75, 3.05) is 17.6 Å². The molecule has 0 radical (unpaired) electrons. The van der Waals surface area contributed by atoms with E-state index in [9.17, 15) is 0 Å². The number of thiazole rings is 1. The van der Waals surface area contributed by atoms with Crippen molar-refractivity contribution in [2.45, 2.75) is 6.42 Å². The molecule has 2 aromatic rings. The number of hydrogen-bond donors (Lipinski definition) is 3. The van der Waals surface area contributed by atoms with Crippen LogP contribution < -0.4 is 11.1 Å². The van der Waals surface area contributed by atoms with Gasteiger partial charge in [0.15, 0.2) is 10.9 Å². The molecule has 1 aliphatic heterocycles. The van der Waals surface area contributed by atoms with Gasteiger partial charge in [0.05, 0.1) is 11.3 Å². The standard InChI is InChI=1S/C8H9N5S/c9-8-12-6-4-3-11-13-7(4)10-2-1-5(6)14-8/h3H,1-2H2,(H2,9,12)(H2,10,11,13). The van der Waals surface area contributed by atoms with Crippen molar-refractivity contribution in [3.63, 3.8) is 0 Å². The molecule has 0 saturated heterocycles. The van der Waals surface area contributed by atoms with Gasteiger partial charge in [0.1, 0.15) is 0 Å². The van der Waals surface area contributed by atoms with E-state index in [2.05, 4.69) is 20.5 Å². The third-order valence-electron chi connectivity index (χ3n) is 2.25. The monoisotopic (exact) mass is 207 g/mol. The lowest BCUT2D eigenvalue weighted by Gasteiger charge is -1.97. The van der Waals surface area contributed by atoms with Crippen LogP contribution in [0.25, 0.3) is 11.3 Å². The van der Waals surface area contributed by atoms with E-state index in [0.717, 1.165) is 30.0 Å². The zero-order chi connectivity index (χ0) is 9.54. The van der Waals surface area contributed by atoms with E-state index < -0.39 is 0 Å². The highest BCUT2D eigenvalue weighted by atomic mass is 32.1. The van der Waals surface area contributed by atoms with Crippen LogP contribution in [0.15, 0.2) is 6.20 Å². The molecule has 1 aliphatic rings. The number of nitrogens with zero attached hydrogens (tertiary/aromatic N) is 2. The average molecular weight is 207 g/mol. The van der Waals surface area contributed by atoms with E-state index in [4.69, 9.17) is 5.73 Å². The molecule has 0 amide bonds. The minimum atomic E-state index is 0.629. The summed E-state index contributed by atoms with van der Waals surface area (Å²) >= 11 is 1.56. The number of nitrogen functional groups attached to an aromatic ring is 1. The van der Waals surface area contributed by atoms with Crippen LogP contribution in [0.1, 0.15) is 4.88 Å². The number of anilines is 2. The van der Waals surface area contributed by atoms with E-state index in [1.54, 1.807) is 11.3 Å². The fourth-order valence-corrected chi connectivity index (χ4v) is 2.50. The van der Waals surface area contributed by atoms with E-state index in [0.29, 0.717) is 5.13 Å². The van der Waals surface area contributed by atoms with Crippen molar-refractivity contribution < 1.29 is 0 Å². The van der Waals surface area contributed by atoms with Crippen LogP contribution in [-0.4, -0.2) is 21.7 Å². The number of hydrogen-bond acceptors (Lipinski definition) is 5. The van der Waals surface area contributed by atoms with Crippen molar-refractivity contribution in [3.05, 3.63) is 11.1 Å². The predicted octanol–water partition coefficient (Wildman–Crippen LogP) is 1.08. The Labute approximate surface area is 84.4 Å². The summed E-state index contributed by atoms with van der Waals surface area (Å²) in [4.78, 5) is 5.55. The molecule has 14 heavy (non-hydrogen) atoms. The maximum absolute atomic E-state index is 5.69. The molecule has 3 rings (SSSR count). The number of aromatic nitrogens is 3. The molecule has 0 fully saturated rings. The van der Waals surface area contributed by atoms with Crippen LogP contribution in [-0.2, 0) is 6.42 Å². The second-order valence-electron chi connectivity index (χ2n) is 3.15. The van der Waals surface area contributed by atoms with Gasteiger partial charge in [-0.2, -0.15) is 5.10 Å². The molecular weight excluding hydrogens is 198 g/mol. The second kappa shape index (κ2) is 2.71. The summed E-state index contributed by atoms with van der Waals surface area (Å²) in [5.74, 6) is 0.869. The number of rotatable bonds is 0. The summed E-state index contributed by atoms with van der Waals surface area (Å²) in [7, 11) is 0. The van der Waals surface area contributed by atoms with Crippen molar-refractivity contribution in [1.29, 1.82) is 0 Å². The minimum absolute atomic E-state index is 0.629. The number of aromatic amines is 1. The number of nitrogens with one attached hydrogen (secondary N) is 2. The first-order valence-corrected chi connectivity index (χ1v) is 5.19. The van der Waals surface area contributed by atoms with Crippen molar-refractivity contribution >= 4 is 22.3 Å². The average Bonchev–Trinajstić information content (AvgIpc) is 2.70. The smallest absolute Gasteiger partial charge is 0.180 e. The van der Waals surface area contributed by atoms with Gasteiger partial charge in [0, 0.05) is 24.0 Å². The molecule has 0 spiro atoms. The highest BCUT2D eigenvalue weighted by molar-refractivity contribution is 7.15. The fraction of sp³-hybridized carbons (Fsp3) is 0.250. The largest absolute Gasteiger partial charge is 0.375 e. The van der Waals surface area contributed by atoms with Crippen LogP contribution in [0, 0.1) is 0 Å². The molecule has 0 bridgehead atoms. The third kappa shape index (κ3) is 1.00. The van der Waals surface area contributed by atoms with E-state index >= 15 is 0 Å². The molecule has 2 aromatic heterocycles. The van der Waals surface area contributed by atoms with E-state index in [1.807, 2.05) is 6.20 Å². The Morgan fingerprint density at radius 3 is 3.36 bits per heavy atom. The van der Waals surface area contributed by atoms with Gasteiger partial charge < -0.3 is 11.1 Å². The predicted molar refractivity (Wildman–Crippen MR) is 56.3 cm³/mol. The molecular formula is C8H9N5S. The maximum Gasteiger partial charge on any atom is 0.180 e. The highest BCUT2D eigenvalue weighted by Gasteiger charge is 2.19.